The third-order valence-electron chi connectivity index (χ3n) is 6.92. The van der Waals surface area contributed by atoms with Gasteiger partial charge in [0.05, 0.1) is 24.4 Å². The van der Waals surface area contributed by atoms with E-state index in [1.165, 1.54) is 5.56 Å². The molecule has 3 aliphatic rings. The Balaban J connectivity index is 1.57. The molecule has 2 fully saturated rings. The Morgan fingerprint density at radius 3 is 2.48 bits per heavy atom. The number of hydrogen-bond acceptors (Lipinski definition) is 9. The lowest BCUT2D eigenvalue weighted by Gasteiger charge is -2.38. The Morgan fingerprint density at radius 1 is 1.06 bits per heavy atom. The highest BCUT2D eigenvalue weighted by Crippen LogP contribution is 2.41. The smallest absolute Gasteiger partial charge is 0.228 e. The van der Waals surface area contributed by atoms with Crippen molar-refractivity contribution < 1.29 is 4.74 Å². The molecule has 2 saturated heterocycles. The summed E-state index contributed by atoms with van der Waals surface area (Å²) in [6, 6.07) is 0.556. The van der Waals surface area contributed by atoms with Gasteiger partial charge in [-0.2, -0.15) is 4.98 Å². The molecule has 2 aromatic rings. The number of nitrogens with zero attached hydrogens (tertiary/aromatic N) is 7. The summed E-state index contributed by atoms with van der Waals surface area (Å²) in [5.74, 6) is 2.11. The first-order chi connectivity index (χ1) is 14.9. The van der Waals surface area contributed by atoms with E-state index in [1.54, 1.807) is 12.4 Å². The number of nitrogen functional groups attached to an aromatic ring is 1. The van der Waals surface area contributed by atoms with Crippen molar-refractivity contribution in [2.45, 2.75) is 45.2 Å². The molecule has 0 saturated carbocycles. The summed E-state index contributed by atoms with van der Waals surface area (Å²) < 4.78 is 5.55. The molecule has 9 nitrogen and oxygen atoms in total. The molecule has 1 atom stereocenters. The van der Waals surface area contributed by atoms with Crippen LogP contribution in [0.4, 0.5) is 17.7 Å². The monoisotopic (exact) mass is 424 g/mol. The van der Waals surface area contributed by atoms with Crippen LogP contribution >= 0.6 is 0 Å². The molecule has 0 aliphatic carbocycles. The summed E-state index contributed by atoms with van der Waals surface area (Å²) in [5.41, 5.74) is 8.81. The molecule has 0 bridgehead atoms. The molecule has 0 aromatic carbocycles. The van der Waals surface area contributed by atoms with Gasteiger partial charge in [-0.25, -0.2) is 15.0 Å². The average molecular weight is 425 g/mol. The van der Waals surface area contributed by atoms with E-state index < -0.39 is 0 Å². The van der Waals surface area contributed by atoms with Crippen LogP contribution in [0, 0.1) is 0 Å². The molecule has 2 N–H and O–H groups in total. The zero-order valence-electron chi connectivity index (χ0n) is 18.7. The Hall–Kier alpha value is -2.52. The molecule has 166 valence electrons. The van der Waals surface area contributed by atoms with Crippen molar-refractivity contribution in [3.8, 4) is 11.3 Å². The maximum absolute atomic E-state index is 5.73. The van der Waals surface area contributed by atoms with Crippen molar-refractivity contribution in [3.63, 3.8) is 0 Å². The first kappa shape index (κ1) is 20.4. The Labute approximate surface area is 183 Å². The lowest BCUT2D eigenvalue weighted by molar-refractivity contribution is 0.122. The molecule has 0 radical (unpaired) electrons. The lowest BCUT2D eigenvalue weighted by atomic mass is 9.99. The minimum absolute atomic E-state index is 0.0705. The average Bonchev–Trinajstić information content (AvgIpc) is 3.39. The second kappa shape index (κ2) is 7.87. The van der Waals surface area contributed by atoms with E-state index in [-0.39, 0.29) is 11.5 Å². The number of likely N-dealkylation sites (tertiary alicyclic amines) is 1. The largest absolute Gasteiger partial charge is 0.378 e. The van der Waals surface area contributed by atoms with E-state index in [0.29, 0.717) is 19.3 Å². The molecule has 2 aromatic heterocycles. The first-order valence-electron chi connectivity index (χ1n) is 11.3. The van der Waals surface area contributed by atoms with E-state index in [4.69, 9.17) is 20.4 Å². The van der Waals surface area contributed by atoms with Crippen LogP contribution in [-0.4, -0.2) is 82.4 Å². The van der Waals surface area contributed by atoms with Gasteiger partial charge in [-0.05, 0) is 33.6 Å². The van der Waals surface area contributed by atoms with Gasteiger partial charge in [0.15, 0.2) is 0 Å². The Kier molecular flexibility index (Phi) is 5.18. The fourth-order valence-corrected chi connectivity index (χ4v) is 5.01. The molecule has 3 aliphatic heterocycles. The molecule has 0 amide bonds. The van der Waals surface area contributed by atoms with Crippen molar-refractivity contribution in [3.05, 3.63) is 18.0 Å². The molecule has 31 heavy (non-hydrogen) atoms. The van der Waals surface area contributed by atoms with Gasteiger partial charge in [-0.3, -0.25) is 4.90 Å². The van der Waals surface area contributed by atoms with Gasteiger partial charge in [0.1, 0.15) is 5.82 Å². The van der Waals surface area contributed by atoms with Crippen molar-refractivity contribution in [2.75, 3.05) is 61.5 Å². The number of hydrogen-bond donors (Lipinski definition) is 1. The van der Waals surface area contributed by atoms with Gasteiger partial charge in [0.25, 0.3) is 0 Å². The van der Waals surface area contributed by atoms with E-state index in [2.05, 4.69) is 45.4 Å². The standard InChI is InChI=1S/C22H32N8O/c1-15(2)29-7-5-22(3,14-29)30-6-4-17-18(16-12-24-20(23)25-13-16)26-21(27-19(17)30)28-8-10-31-11-9-28/h12-13,15H,4-11,14H2,1-3H3,(H2,23,24,25)/t22-/m0/s1. The summed E-state index contributed by atoms with van der Waals surface area (Å²) in [6.07, 6.45) is 5.61. The van der Waals surface area contributed by atoms with Crippen LogP contribution in [0.5, 0.6) is 0 Å². The van der Waals surface area contributed by atoms with Gasteiger partial charge < -0.3 is 20.3 Å². The summed E-state index contributed by atoms with van der Waals surface area (Å²) in [5, 5.41) is 0. The molecule has 5 rings (SSSR count). The van der Waals surface area contributed by atoms with E-state index in [9.17, 15) is 0 Å². The molecular weight excluding hydrogens is 392 g/mol. The molecule has 5 heterocycles. The third-order valence-corrected chi connectivity index (χ3v) is 6.92. The summed E-state index contributed by atoms with van der Waals surface area (Å²) in [7, 11) is 0. The van der Waals surface area contributed by atoms with Crippen molar-refractivity contribution in [1.29, 1.82) is 0 Å². The van der Waals surface area contributed by atoms with Crippen LogP contribution in [-0.2, 0) is 11.2 Å². The van der Waals surface area contributed by atoms with E-state index >= 15 is 0 Å². The normalized spacial score (nSPS) is 24.3. The van der Waals surface area contributed by atoms with Gasteiger partial charge in [-0.15, -0.1) is 0 Å². The topological polar surface area (TPSA) is 96.5 Å². The number of morpholine rings is 1. The van der Waals surface area contributed by atoms with Crippen LogP contribution in [0.15, 0.2) is 12.4 Å². The minimum atomic E-state index is 0.0705. The number of rotatable bonds is 4. The van der Waals surface area contributed by atoms with Crippen molar-refractivity contribution in [1.82, 2.24) is 24.8 Å². The molecule has 0 unspecified atom stereocenters. The zero-order chi connectivity index (χ0) is 21.6. The first-order valence-corrected chi connectivity index (χ1v) is 11.3. The lowest BCUT2D eigenvalue weighted by Crippen LogP contribution is -2.49. The summed E-state index contributed by atoms with van der Waals surface area (Å²) in [6.45, 7) is 13.1. The SMILES string of the molecule is CC(C)N1CC[C@](C)(N2CCc3c(-c4cnc(N)nc4)nc(N4CCOCC4)nc32)C1. The van der Waals surface area contributed by atoms with Crippen LogP contribution in [0.3, 0.4) is 0 Å². The Bertz CT molecular complexity index is 943. The molecule has 0 spiro atoms. The second-order valence-corrected chi connectivity index (χ2v) is 9.32. The number of aromatic nitrogens is 4. The van der Waals surface area contributed by atoms with E-state index in [0.717, 1.165) is 68.6 Å². The van der Waals surface area contributed by atoms with Crippen LogP contribution in [0.2, 0.25) is 0 Å². The number of fused-ring (bicyclic) bond motifs is 1. The van der Waals surface area contributed by atoms with Crippen LogP contribution < -0.4 is 15.5 Å². The second-order valence-electron chi connectivity index (χ2n) is 9.32. The molecule has 9 heteroatoms. The fraction of sp³-hybridized carbons (Fsp3) is 0.636. The van der Waals surface area contributed by atoms with Gasteiger partial charge >= 0.3 is 0 Å². The van der Waals surface area contributed by atoms with Crippen molar-refractivity contribution in [2.24, 2.45) is 0 Å². The predicted octanol–water partition coefficient (Wildman–Crippen LogP) is 1.59. The van der Waals surface area contributed by atoms with Crippen LogP contribution in [0.1, 0.15) is 32.8 Å². The summed E-state index contributed by atoms with van der Waals surface area (Å²) >= 11 is 0. The van der Waals surface area contributed by atoms with Crippen LogP contribution in [0.25, 0.3) is 11.3 Å². The van der Waals surface area contributed by atoms with Gasteiger partial charge in [0.2, 0.25) is 11.9 Å². The minimum Gasteiger partial charge on any atom is -0.378 e. The van der Waals surface area contributed by atoms with Crippen molar-refractivity contribution >= 4 is 17.7 Å². The number of nitrogens with two attached hydrogens (primary N) is 1. The predicted molar refractivity (Wildman–Crippen MR) is 121 cm³/mol. The zero-order valence-corrected chi connectivity index (χ0v) is 18.7. The number of anilines is 3. The highest BCUT2D eigenvalue weighted by Gasteiger charge is 2.44. The van der Waals surface area contributed by atoms with E-state index in [1.807, 2.05) is 0 Å². The Morgan fingerprint density at radius 2 is 1.81 bits per heavy atom. The summed E-state index contributed by atoms with van der Waals surface area (Å²) in [4.78, 5) is 25.9. The van der Waals surface area contributed by atoms with Gasteiger partial charge in [-0.1, -0.05) is 0 Å². The van der Waals surface area contributed by atoms with Gasteiger partial charge in [0, 0.05) is 62.3 Å². The highest BCUT2D eigenvalue weighted by molar-refractivity contribution is 5.73. The third kappa shape index (κ3) is 3.70. The highest BCUT2D eigenvalue weighted by atomic mass is 16.5. The number of ether oxygens (including phenoxy) is 1. The molecular formula is C22H32N8O. The fourth-order valence-electron chi connectivity index (χ4n) is 5.01. The quantitative estimate of drug-likeness (QED) is 0.785. The maximum Gasteiger partial charge on any atom is 0.228 e. The maximum atomic E-state index is 5.73.